The highest BCUT2D eigenvalue weighted by Gasteiger charge is 2.76. The van der Waals surface area contributed by atoms with Gasteiger partial charge in [-0.05, 0) is 64.5 Å². The van der Waals surface area contributed by atoms with Gasteiger partial charge >= 0.3 is 5.97 Å². The van der Waals surface area contributed by atoms with Gasteiger partial charge in [0, 0.05) is 5.92 Å². The molecule has 0 aromatic heterocycles. The second-order valence-electron chi connectivity index (χ2n) is 12.2. The van der Waals surface area contributed by atoms with Crippen molar-refractivity contribution in [2.75, 3.05) is 6.61 Å². The summed E-state index contributed by atoms with van der Waals surface area (Å²) in [5, 5.41) is 36.1. The van der Waals surface area contributed by atoms with Gasteiger partial charge < -0.3 is 20.1 Å². The first-order chi connectivity index (χ1) is 17.5. The summed E-state index contributed by atoms with van der Waals surface area (Å²) in [4.78, 5) is 28.0. The molecular weight excluding hydrogens is 468 g/mol. The fraction of sp³-hybridized carbons (Fsp3) is 0.484. The Bertz CT molecular complexity index is 1380. The highest BCUT2D eigenvalue weighted by Crippen LogP contribution is 2.71. The molecule has 0 saturated heterocycles. The zero-order valence-corrected chi connectivity index (χ0v) is 21.6. The van der Waals surface area contributed by atoms with Crippen LogP contribution in [-0.4, -0.2) is 51.5 Å². The van der Waals surface area contributed by atoms with E-state index in [1.54, 1.807) is 31.2 Å². The predicted octanol–water partition coefficient (Wildman–Crippen LogP) is 3.83. The fourth-order valence-electron chi connectivity index (χ4n) is 8.17. The number of carbonyl (C=O) groups is 2. The third-order valence-corrected chi connectivity index (χ3v) is 10.1. The Morgan fingerprint density at radius 1 is 1.14 bits per heavy atom. The Morgan fingerprint density at radius 3 is 2.57 bits per heavy atom. The maximum absolute atomic E-state index is 14.4. The zero-order chi connectivity index (χ0) is 26.5. The number of benzene rings is 2. The third kappa shape index (κ3) is 2.98. The first kappa shape index (κ1) is 24.5. The number of hydrogen-bond donors (Lipinski definition) is 3. The van der Waals surface area contributed by atoms with Gasteiger partial charge in [-0.25, -0.2) is 4.79 Å². The maximum Gasteiger partial charge on any atom is 0.339 e. The van der Waals surface area contributed by atoms with Crippen LogP contribution in [-0.2, 0) is 9.53 Å². The van der Waals surface area contributed by atoms with Gasteiger partial charge in [-0.3, -0.25) is 4.79 Å². The third-order valence-electron chi connectivity index (χ3n) is 10.1. The maximum atomic E-state index is 14.4. The number of aliphatic hydroxyl groups is 3. The van der Waals surface area contributed by atoms with Crippen LogP contribution in [0.25, 0.3) is 10.8 Å². The monoisotopic (exact) mass is 502 g/mol. The van der Waals surface area contributed by atoms with Gasteiger partial charge in [0.05, 0.1) is 17.6 Å². The van der Waals surface area contributed by atoms with E-state index in [4.69, 9.17) is 4.74 Å². The average molecular weight is 503 g/mol. The second kappa shape index (κ2) is 7.85. The largest absolute Gasteiger partial charge is 0.451 e. The van der Waals surface area contributed by atoms with Crippen LogP contribution < -0.4 is 0 Å². The summed E-state index contributed by atoms with van der Waals surface area (Å²) in [6, 6.07) is 12.8. The summed E-state index contributed by atoms with van der Waals surface area (Å²) < 4.78 is 6.03. The first-order valence-corrected chi connectivity index (χ1v) is 13.1. The number of Topliss-reactive ketones (excluding diaryl/α,β-unsaturated/α-hetero) is 1. The number of fused-ring (bicyclic) bond motifs is 4. The summed E-state index contributed by atoms with van der Waals surface area (Å²) in [5.74, 6) is -1.28. The number of esters is 1. The van der Waals surface area contributed by atoms with E-state index in [9.17, 15) is 24.9 Å². The summed E-state index contributed by atoms with van der Waals surface area (Å²) >= 11 is 0. The molecule has 6 rings (SSSR count). The molecule has 0 aliphatic heterocycles. The highest BCUT2D eigenvalue weighted by molar-refractivity contribution is 6.04. The molecule has 1 spiro atoms. The van der Waals surface area contributed by atoms with Crippen molar-refractivity contribution in [1.82, 2.24) is 0 Å². The van der Waals surface area contributed by atoms with Crippen LogP contribution >= 0.6 is 0 Å². The van der Waals surface area contributed by atoms with Crippen LogP contribution in [0.4, 0.5) is 0 Å². The highest BCUT2D eigenvalue weighted by atomic mass is 16.6. The van der Waals surface area contributed by atoms with Crippen molar-refractivity contribution in [3.05, 3.63) is 71.3 Å². The Balaban J connectivity index is 1.47. The van der Waals surface area contributed by atoms with E-state index in [-0.39, 0.29) is 34.5 Å². The van der Waals surface area contributed by atoms with Gasteiger partial charge in [0.15, 0.2) is 17.5 Å². The molecule has 6 nitrogen and oxygen atoms in total. The summed E-state index contributed by atoms with van der Waals surface area (Å²) in [6.45, 7) is 7.50. The Hall–Kier alpha value is -2.80. The van der Waals surface area contributed by atoms with E-state index in [2.05, 4.69) is 13.8 Å². The number of ketones is 1. The zero-order valence-electron chi connectivity index (χ0n) is 21.6. The van der Waals surface area contributed by atoms with Gasteiger partial charge in [-0.15, -0.1) is 0 Å². The van der Waals surface area contributed by atoms with Crippen molar-refractivity contribution in [1.29, 1.82) is 0 Å². The second-order valence-corrected chi connectivity index (χ2v) is 12.2. The van der Waals surface area contributed by atoms with Crippen molar-refractivity contribution in [3.63, 3.8) is 0 Å². The molecule has 2 aromatic rings. The number of carbonyl (C=O) groups excluding carboxylic acids is 2. The van der Waals surface area contributed by atoms with Crippen LogP contribution in [0.3, 0.4) is 0 Å². The number of aliphatic hydroxyl groups excluding tert-OH is 2. The van der Waals surface area contributed by atoms with Crippen molar-refractivity contribution in [2.24, 2.45) is 34.5 Å². The Morgan fingerprint density at radius 2 is 1.84 bits per heavy atom. The average Bonchev–Trinajstić information content (AvgIpc) is 3.37. The molecule has 3 N–H and O–H groups in total. The molecule has 4 aliphatic carbocycles. The van der Waals surface area contributed by atoms with Gasteiger partial charge in [-0.1, -0.05) is 69.3 Å². The molecule has 2 aromatic carbocycles. The van der Waals surface area contributed by atoms with Crippen LogP contribution in [0.2, 0.25) is 0 Å². The summed E-state index contributed by atoms with van der Waals surface area (Å²) in [7, 11) is 0. The van der Waals surface area contributed by atoms with Crippen LogP contribution in [0.1, 0.15) is 44.5 Å². The quantitative estimate of drug-likeness (QED) is 0.435. The minimum absolute atomic E-state index is 0.0434. The standard InChI is InChI=1S/C31H34O6/c1-16-14-30-17(2)12-23-24(29(23,3)4)22(26(30)34)13-19(15-32)25(33)31(30,36)27(16)37-28(35)21-11-7-9-18-8-5-6-10-20(18)21/h5-11,13-14,17,22-25,27,32-33,36H,12,15H2,1-4H3/t17-,22+,23-,24+,25-,27+,30+,31+/m1/s1. The molecule has 2 bridgehead atoms. The minimum atomic E-state index is -2.14. The first-order valence-electron chi connectivity index (χ1n) is 13.1. The lowest BCUT2D eigenvalue weighted by molar-refractivity contribution is -0.190. The smallest absolute Gasteiger partial charge is 0.339 e. The topological polar surface area (TPSA) is 104 Å². The van der Waals surface area contributed by atoms with Crippen molar-refractivity contribution in [3.8, 4) is 0 Å². The fourth-order valence-corrected chi connectivity index (χ4v) is 8.17. The van der Waals surface area contributed by atoms with E-state index in [0.717, 1.165) is 10.8 Å². The molecule has 2 saturated carbocycles. The van der Waals surface area contributed by atoms with E-state index in [0.29, 0.717) is 17.6 Å². The molecule has 0 radical (unpaired) electrons. The summed E-state index contributed by atoms with van der Waals surface area (Å²) in [6.07, 6.45) is 1.32. The van der Waals surface area contributed by atoms with E-state index in [1.165, 1.54) is 0 Å². The van der Waals surface area contributed by atoms with Gasteiger partial charge in [0.1, 0.15) is 6.10 Å². The minimum Gasteiger partial charge on any atom is -0.451 e. The molecule has 6 heteroatoms. The predicted molar refractivity (Wildman–Crippen MR) is 139 cm³/mol. The van der Waals surface area contributed by atoms with Crippen LogP contribution in [0.15, 0.2) is 65.8 Å². The summed E-state index contributed by atoms with van der Waals surface area (Å²) in [5.41, 5.74) is -2.55. The lowest BCUT2D eigenvalue weighted by Crippen LogP contribution is -2.65. The van der Waals surface area contributed by atoms with Crippen molar-refractivity contribution < 1.29 is 29.6 Å². The van der Waals surface area contributed by atoms with E-state index < -0.39 is 41.7 Å². The number of hydrogen-bond acceptors (Lipinski definition) is 6. The normalized spacial score (nSPS) is 39.6. The molecular formula is C31H34O6. The molecule has 4 aliphatic rings. The Labute approximate surface area is 216 Å². The molecule has 8 atom stereocenters. The molecule has 194 valence electrons. The van der Waals surface area contributed by atoms with Crippen LogP contribution in [0.5, 0.6) is 0 Å². The van der Waals surface area contributed by atoms with Crippen molar-refractivity contribution in [2.45, 2.75) is 51.9 Å². The lowest BCUT2D eigenvalue weighted by Gasteiger charge is -2.48. The number of ether oxygens (including phenoxy) is 1. The number of rotatable bonds is 3. The number of allylic oxidation sites excluding steroid dienone is 1. The molecule has 0 amide bonds. The molecule has 2 fully saturated rings. The van der Waals surface area contributed by atoms with E-state index >= 15 is 0 Å². The SMILES string of the molecule is CC1=C[C@]23C(=O)[C@@H](C=C(CO)[C@@H](O)[C@]2(O)[C@H]1OC(=O)c1cccc2ccccc12)[C@H]1[C@@H](C[C@H]3C)C1(C)C. The van der Waals surface area contributed by atoms with Gasteiger partial charge in [-0.2, -0.15) is 0 Å². The van der Waals surface area contributed by atoms with E-state index in [1.807, 2.05) is 37.3 Å². The lowest BCUT2D eigenvalue weighted by atomic mass is 9.59. The molecule has 0 unspecified atom stereocenters. The molecule has 37 heavy (non-hydrogen) atoms. The molecule has 0 heterocycles. The van der Waals surface area contributed by atoms with Crippen molar-refractivity contribution >= 4 is 22.5 Å². The van der Waals surface area contributed by atoms with Gasteiger partial charge in [0.2, 0.25) is 0 Å². The Kier molecular flexibility index (Phi) is 5.21. The van der Waals surface area contributed by atoms with Gasteiger partial charge in [0.25, 0.3) is 0 Å². The van der Waals surface area contributed by atoms with Crippen LogP contribution in [0, 0.1) is 34.5 Å².